The molecular weight excluding hydrogens is 258 g/mol. The Morgan fingerprint density at radius 2 is 2.11 bits per heavy atom. The molecule has 1 aromatic carbocycles. The first-order valence-corrected chi connectivity index (χ1v) is 6.96. The van der Waals surface area contributed by atoms with Gasteiger partial charge in [0.1, 0.15) is 0 Å². The van der Waals surface area contributed by atoms with Crippen molar-refractivity contribution in [1.29, 1.82) is 0 Å². The molecule has 2 aromatic rings. The standard InChI is InChI=1S/C15H20ClN3/c1-12-10-14(18-17-12)11-19(2)9-5-7-13-6-3-4-8-15(13)16/h3-4,6,8,10H,5,7,9,11H2,1-2H3,(H,17,18). The minimum atomic E-state index is 0.869. The predicted molar refractivity (Wildman–Crippen MR) is 79.4 cm³/mol. The van der Waals surface area contributed by atoms with Crippen molar-refractivity contribution < 1.29 is 0 Å². The van der Waals surface area contributed by atoms with E-state index in [9.17, 15) is 0 Å². The summed E-state index contributed by atoms with van der Waals surface area (Å²) in [5.74, 6) is 0. The number of hydrogen-bond acceptors (Lipinski definition) is 2. The molecule has 0 atom stereocenters. The van der Waals surface area contributed by atoms with Gasteiger partial charge in [-0.3, -0.25) is 5.10 Å². The lowest BCUT2D eigenvalue weighted by molar-refractivity contribution is 0.318. The van der Waals surface area contributed by atoms with Crippen LogP contribution >= 0.6 is 11.6 Å². The summed E-state index contributed by atoms with van der Waals surface area (Å²) in [6, 6.07) is 10.1. The summed E-state index contributed by atoms with van der Waals surface area (Å²) < 4.78 is 0. The summed E-state index contributed by atoms with van der Waals surface area (Å²) in [7, 11) is 2.12. The summed E-state index contributed by atoms with van der Waals surface area (Å²) in [6.07, 6.45) is 2.12. The third-order valence-electron chi connectivity index (χ3n) is 3.13. The fourth-order valence-electron chi connectivity index (χ4n) is 2.15. The van der Waals surface area contributed by atoms with Crippen molar-refractivity contribution in [3.63, 3.8) is 0 Å². The number of aromatic amines is 1. The molecule has 3 nitrogen and oxygen atoms in total. The van der Waals surface area contributed by atoms with Crippen LogP contribution in [0.15, 0.2) is 30.3 Å². The SMILES string of the molecule is Cc1cc(CN(C)CCCc2ccccc2Cl)n[nH]1. The Kier molecular flexibility index (Phi) is 5.00. The Morgan fingerprint density at radius 1 is 1.32 bits per heavy atom. The lowest BCUT2D eigenvalue weighted by atomic mass is 10.1. The lowest BCUT2D eigenvalue weighted by Crippen LogP contribution is -2.19. The summed E-state index contributed by atoms with van der Waals surface area (Å²) in [4.78, 5) is 2.28. The fraction of sp³-hybridized carbons (Fsp3) is 0.400. The zero-order valence-corrected chi connectivity index (χ0v) is 12.2. The van der Waals surface area contributed by atoms with Gasteiger partial charge in [0.2, 0.25) is 0 Å². The Morgan fingerprint density at radius 3 is 2.79 bits per heavy atom. The van der Waals surface area contributed by atoms with Gasteiger partial charge in [-0.1, -0.05) is 29.8 Å². The van der Waals surface area contributed by atoms with Gasteiger partial charge in [0.15, 0.2) is 0 Å². The van der Waals surface area contributed by atoms with E-state index in [2.05, 4.69) is 34.3 Å². The molecule has 4 heteroatoms. The molecule has 1 aromatic heterocycles. The smallest absolute Gasteiger partial charge is 0.0764 e. The number of aryl methyl sites for hydroxylation is 2. The van der Waals surface area contributed by atoms with Crippen LogP contribution in [0.2, 0.25) is 5.02 Å². The quantitative estimate of drug-likeness (QED) is 0.877. The predicted octanol–water partition coefficient (Wildman–Crippen LogP) is 3.44. The number of halogens is 1. The Bertz CT molecular complexity index is 522. The van der Waals surface area contributed by atoms with Crippen molar-refractivity contribution in [3.05, 3.63) is 52.3 Å². The van der Waals surface area contributed by atoms with Gasteiger partial charge in [-0.05, 0) is 51.1 Å². The molecule has 19 heavy (non-hydrogen) atoms. The maximum atomic E-state index is 6.14. The topological polar surface area (TPSA) is 31.9 Å². The number of hydrogen-bond donors (Lipinski definition) is 1. The van der Waals surface area contributed by atoms with Crippen molar-refractivity contribution >= 4 is 11.6 Å². The summed E-state index contributed by atoms with van der Waals surface area (Å²) >= 11 is 6.14. The molecule has 0 unspecified atom stereocenters. The van der Waals surface area contributed by atoms with E-state index < -0.39 is 0 Å². The second-order valence-electron chi connectivity index (χ2n) is 4.98. The minimum absolute atomic E-state index is 0.869. The molecule has 0 aliphatic heterocycles. The van der Waals surface area contributed by atoms with Crippen molar-refractivity contribution in [2.45, 2.75) is 26.3 Å². The molecule has 0 spiro atoms. The second kappa shape index (κ2) is 6.73. The molecule has 1 N–H and O–H groups in total. The van der Waals surface area contributed by atoms with Gasteiger partial charge in [0, 0.05) is 17.3 Å². The molecule has 102 valence electrons. The fourth-order valence-corrected chi connectivity index (χ4v) is 2.38. The zero-order valence-electron chi connectivity index (χ0n) is 11.5. The molecule has 0 aliphatic rings. The highest BCUT2D eigenvalue weighted by molar-refractivity contribution is 6.31. The zero-order chi connectivity index (χ0) is 13.7. The van der Waals surface area contributed by atoms with Crippen LogP contribution in [0, 0.1) is 6.92 Å². The molecule has 2 rings (SSSR count). The van der Waals surface area contributed by atoms with E-state index in [0.29, 0.717) is 0 Å². The van der Waals surface area contributed by atoms with E-state index in [0.717, 1.165) is 42.3 Å². The second-order valence-corrected chi connectivity index (χ2v) is 5.38. The van der Waals surface area contributed by atoms with Gasteiger partial charge >= 0.3 is 0 Å². The number of benzene rings is 1. The maximum Gasteiger partial charge on any atom is 0.0764 e. The summed E-state index contributed by atoms with van der Waals surface area (Å²) in [6.45, 7) is 3.94. The van der Waals surface area contributed by atoms with Gasteiger partial charge in [0.05, 0.1) is 5.69 Å². The monoisotopic (exact) mass is 277 g/mol. The first-order valence-electron chi connectivity index (χ1n) is 6.58. The van der Waals surface area contributed by atoms with E-state index >= 15 is 0 Å². The lowest BCUT2D eigenvalue weighted by Gasteiger charge is -2.15. The summed E-state index contributed by atoms with van der Waals surface area (Å²) in [5.41, 5.74) is 3.44. The molecule has 0 fully saturated rings. The van der Waals surface area contributed by atoms with Crippen LogP contribution in [0.1, 0.15) is 23.4 Å². The Balaban J connectivity index is 1.75. The highest BCUT2D eigenvalue weighted by Gasteiger charge is 2.04. The number of H-pyrrole nitrogens is 1. The highest BCUT2D eigenvalue weighted by Crippen LogP contribution is 2.16. The van der Waals surface area contributed by atoms with Crippen molar-refractivity contribution in [1.82, 2.24) is 15.1 Å². The molecule has 0 saturated carbocycles. The number of aromatic nitrogens is 2. The van der Waals surface area contributed by atoms with E-state index in [1.165, 1.54) is 5.56 Å². The van der Waals surface area contributed by atoms with Crippen LogP contribution in [-0.2, 0) is 13.0 Å². The van der Waals surface area contributed by atoms with E-state index in [4.69, 9.17) is 11.6 Å². The normalized spacial score (nSPS) is 11.2. The maximum absolute atomic E-state index is 6.14. The molecule has 0 radical (unpaired) electrons. The van der Waals surface area contributed by atoms with Gasteiger partial charge in [-0.25, -0.2) is 0 Å². The first kappa shape index (κ1) is 14.1. The number of nitrogens with zero attached hydrogens (tertiary/aromatic N) is 2. The average molecular weight is 278 g/mol. The van der Waals surface area contributed by atoms with Crippen LogP contribution in [0.4, 0.5) is 0 Å². The molecule has 0 aliphatic carbocycles. The minimum Gasteiger partial charge on any atom is -0.300 e. The molecule has 1 heterocycles. The first-order chi connectivity index (χ1) is 9.15. The van der Waals surface area contributed by atoms with Crippen molar-refractivity contribution in [2.75, 3.05) is 13.6 Å². The van der Waals surface area contributed by atoms with Gasteiger partial charge in [0.25, 0.3) is 0 Å². The van der Waals surface area contributed by atoms with Crippen LogP contribution in [0.25, 0.3) is 0 Å². The third-order valence-corrected chi connectivity index (χ3v) is 3.50. The van der Waals surface area contributed by atoms with Crippen LogP contribution < -0.4 is 0 Å². The van der Waals surface area contributed by atoms with Crippen molar-refractivity contribution in [2.24, 2.45) is 0 Å². The van der Waals surface area contributed by atoms with Gasteiger partial charge < -0.3 is 4.90 Å². The average Bonchev–Trinajstić information content (AvgIpc) is 2.77. The highest BCUT2D eigenvalue weighted by atomic mass is 35.5. The Labute approximate surface area is 119 Å². The van der Waals surface area contributed by atoms with E-state index in [-0.39, 0.29) is 0 Å². The molecule has 0 bridgehead atoms. The van der Waals surface area contributed by atoms with E-state index in [1.807, 2.05) is 25.1 Å². The Hall–Kier alpha value is -1.32. The molecule has 0 amide bonds. The third kappa shape index (κ3) is 4.37. The number of rotatable bonds is 6. The number of nitrogens with one attached hydrogen (secondary N) is 1. The van der Waals surface area contributed by atoms with Crippen LogP contribution in [-0.4, -0.2) is 28.7 Å². The molecular formula is C15H20ClN3. The van der Waals surface area contributed by atoms with Crippen molar-refractivity contribution in [3.8, 4) is 0 Å². The molecule has 0 saturated heterocycles. The van der Waals surface area contributed by atoms with Crippen LogP contribution in [0.5, 0.6) is 0 Å². The van der Waals surface area contributed by atoms with Crippen LogP contribution in [0.3, 0.4) is 0 Å². The van der Waals surface area contributed by atoms with E-state index in [1.54, 1.807) is 0 Å². The summed E-state index contributed by atoms with van der Waals surface area (Å²) in [5, 5.41) is 8.09. The van der Waals surface area contributed by atoms with Gasteiger partial charge in [-0.15, -0.1) is 0 Å². The largest absolute Gasteiger partial charge is 0.300 e. The van der Waals surface area contributed by atoms with Gasteiger partial charge in [-0.2, -0.15) is 5.10 Å².